The molecule has 0 aliphatic heterocycles. The first-order valence-corrected chi connectivity index (χ1v) is 4.53. The van der Waals surface area contributed by atoms with Crippen LogP contribution in [0, 0.1) is 0 Å². The van der Waals surface area contributed by atoms with E-state index in [9.17, 15) is 9.36 Å². The predicted molar refractivity (Wildman–Crippen MR) is 38.6 cm³/mol. The van der Waals surface area contributed by atoms with E-state index in [4.69, 9.17) is 4.89 Å². The molecule has 0 aromatic carbocycles. The molecular formula is C4H11N2O4P. The van der Waals surface area contributed by atoms with Crippen LogP contribution in [0.4, 0.5) is 0 Å². The van der Waals surface area contributed by atoms with Crippen molar-refractivity contribution in [3.8, 4) is 0 Å². The summed E-state index contributed by atoms with van der Waals surface area (Å²) in [5.74, 6) is -0.846. The molecular weight excluding hydrogens is 171 g/mol. The van der Waals surface area contributed by atoms with Gasteiger partial charge in [-0.1, -0.05) is 0 Å². The lowest BCUT2D eigenvalue weighted by molar-refractivity contribution is -0.136. The monoisotopic (exact) mass is 182 g/mol. The number of carbonyl (C=O) groups is 1. The average Bonchev–Trinajstić information content (AvgIpc) is 1.82. The van der Waals surface area contributed by atoms with Crippen LogP contribution in [0.5, 0.6) is 0 Å². The van der Waals surface area contributed by atoms with E-state index < -0.39 is 19.8 Å². The Balaban J connectivity index is 3.99. The van der Waals surface area contributed by atoms with Gasteiger partial charge in [0, 0.05) is 0 Å². The molecule has 1 unspecified atom stereocenters. The van der Waals surface area contributed by atoms with Crippen molar-refractivity contribution in [2.75, 3.05) is 7.05 Å². The molecule has 0 aromatic heterocycles. The van der Waals surface area contributed by atoms with Crippen molar-refractivity contribution < 1.29 is 18.8 Å². The number of hydrogen-bond donors (Lipinski definition) is 3. The standard InChI is InChI=1S/C4H11N2O4P/c1-3(6-2)4(7)10-11(5,8)9/h3,6H,1-2H3,(H3,5,8,9)/t3-/m0/s1. The van der Waals surface area contributed by atoms with E-state index >= 15 is 0 Å². The van der Waals surface area contributed by atoms with Crippen LogP contribution in [0.25, 0.3) is 0 Å². The minimum Gasteiger partial charge on any atom is -0.379 e. The van der Waals surface area contributed by atoms with Gasteiger partial charge in [-0.25, -0.2) is 10.1 Å². The molecule has 0 aliphatic carbocycles. The summed E-state index contributed by atoms with van der Waals surface area (Å²) < 4.78 is 14.3. The van der Waals surface area contributed by atoms with Gasteiger partial charge in [-0.3, -0.25) is 4.79 Å². The van der Waals surface area contributed by atoms with Crippen LogP contribution in [0.2, 0.25) is 0 Å². The zero-order valence-corrected chi connectivity index (χ0v) is 7.17. The molecule has 4 N–H and O–H groups in total. The molecule has 11 heavy (non-hydrogen) atoms. The summed E-state index contributed by atoms with van der Waals surface area (Å²) in [4.78, 5) is 19.1. The smallest absolute Gasteiger partial charge is 0.379 e. The highest BCUT2D eigenvalue weighted by Gasteiger charge is 2.21. The first kappa shape index (κ1) is 10.6. The lowest BCUT2D eigenvalue weighted by Crippen LogP contribution is -2.32. The lowest BCUT2D eigenvalue weighted by Gasteiger charge is -2.10. The Morgan fingerprint density at radius 3 is 2.55 bits per heavy atom. The third-order valence-corrected chi connectivity index (χ3v) is 1.45. The second-order valence-corrected chi connectivity index (χ2v) is 3.30. The Hall–Kier alpha value is -0.420. The van der Waals surface area contributed by atoms with Gasteiger partial charge in [-0.05, 0) is 14.0 Å². The number of hydrogen-bond acceptors (Lipinski definition) is 4. The van der Waals surface area contributed by atoms with Gasteiger partial charge in [0.2, 0.25) is 0 Å². The molecule has 66 valence electrons. The summed E-state index contributed by atoms with van der Waals surface area (Å²) >= 11 is 0. The van der Waals surface area contributed by atoms with Crippen LogP contribution < -0.4 is 10.8 Å². The summed E-state index contributed by atoms with van der Waals surface area (Å²) in [7, 11) is -2.66. The second kappa shape index (κ2) is 3.82. The molecule has 0 amide bonds. The normalized spacial score (nSPS) is 18.5. The van der Waals surface area contributed by atoms with Crippen LogP contribution in [0.15, 0.2) is 0 Å². The number of carbonyl (C=O) groups excluding carboxylic acids is 1. The SMILES string of the molecule is CN[C@@H](C)C(=O)OP(N)(=O)O. The largest absolute Gasteiger partial charge is 0.455 e. The van der Waals surface area contributed by atoms with Crippen LogP contribution in [0.3, 0.4) is 0 Å². The molecule has 7 heteroatoms. The maximum absolute atomic E-state index is 10.7. The van der Waals surface area contributed by atoms with E-state index in [0.717, 1.165) is 0 Å². The van der Waals surface area contributed by atoms with Gasteiger partial charge in [-0.15, -0.1) is 0 Å². The van der Waals surface area contributed by atoms with Crippen molar-refractivity contribution in [2.24, 2.45) is 5.50 Å². The molecule has 0 aliphatic rings. The van der Waals surface area contributed by atoms with Gasteiger partial charge in [0.25, 0.3) is 0 Å². The van der Waals surface area contributed by atoms with Gasteiger partial charge in [0.15, 0.2) is 0 Å². The quantitative estimate of drug-likeness (QED) is 0.493. The fourth-order valence-electron chi connectivity index (χ4n) is 0.326. The first-order valence-electron chi connectivity index (χ1n) is 2.89. The summed E-state index contributed by atoms with van der Waals surface area (Å²) in [6, 6.07) is -0.640. The maximum atomic E-state index is 10.7. The van der Waals surface area contributed by atoms with E-state index in [1.807, 2.05) is 0 Å². The van der Waals surface area contributed by atoms with E-state index in [0.29, 0.717) is 0 Å². The number of nitrogens with two attached hydrogens (primary N) is 1. The topological polar surface area (TPSA) is 102 Å². The molecule has 0 rings (SSSR count). The zero-order chi connectivity index (χ0) is 9.07. The van der Waals surface area contributed by atoms with Crippen molar-refractivity contribution in [3.63, 3.8) is 0 Å². The minimum atomic E-state index is -4.18. The third kappa shape index (κ3) is 4.92. The number of nitrogens with one attached hydrogen (secondary N) is 1. The second-order valence-electron chi connectivity index (χ2n) is 1.98. The Morgan fingerprint density at radius 1 is 1.82 bits per heavy atom. The van der Waals surface area contributed by atoms with Gasteiger partial charge < -0.3 is 14.7 Å². The average molecular weight is 182 g/mol. The zero-order valence-electron chi connectivity index (χ0n) is 6.27. The van der Waals surface area contributed by atoms with Crippen molar-refractivity contribution >= 4 is 13.7 Å². The molecule has 0 saturated heterocycles. The third-order valence-electron chi connectivity index (χ3n) is 1.01. The molecule has 2 atom stereocenters. The van der Waals surface area contributed by atoms with Crippen LogP contribution in [-0.2, 0) is 13.9 Å². The highest BCUT2D eigenvalue weighted by Crippen LogP contribution is 2.31. The van der Waals surface area contributed by atoms with Gasteiger partial charge in [0.05, 0.1) is 0 Å². The van der Waals surface area contributed by atoms with E-state index in [1.54, 1.807) is 0 Å². The van der Waals surface area contributed by atoms with Crippen LogP contribution in [-0.4, -0.2) is 24.0 Å². The van der Waals surface area contributed by atoms with Crippen molar-refractivity contribution in [3.05, 3.63) is 0 Å². The van der Waals surface area contributed by atoms with Gasteiger partial charge in [0.1, 0.15) is 6.04 Å². The summed E-state index contributed by atoms with van der Waals surface area (Å²) in [6.07, 6.45) is 0. The molecule has 0 radical (unpaired) electrons. The predicted octanol–water partition coefficient (Wildman–Crippen LogP) is -0.803. The van der Waals surface area contributed by atoms with Gasteiger partial charge in [-0.2, -0.15) is 0 Å². The van der Waals surface area contributed by atoms with Crippen LogP contribution >= 0.6 is 7.75 Å². The number of likely N-dealkylation sites (N-methyl/N-ethyl adjacent to an activating group) is 1. The summed E-state index contributed by atoms with van der Waals surface area (Å²) in [5, 5.41) is 2.52. The molecule has 0 aromatic rings. The molecule has 0 bridgehead atoms. The molecule has 0 fully saturated rings. The van der Waals surface area contributed by atoms with Crippen molar-refractivity contribution in [2.45, 2.75) is 13.0 Å². The van der Waals surface area contributed by atoms with Crippen LogP contribution in [0.1, 0.15) is 6.92 Å². The van der Waals surface area contributed by atoms with E-state index in [2.05, 4.69) is 15.3 Å². The van der Waals surface area contributed by atoms with Crippen molar-refractivity contribution in [1.82, 2.24) is 5.32 Å². The lowest BCUT2D eigenvalue weighted by atomic mass is 10.4. The van der Waals surface area contributed by atoms with E-state index in [1.165, 1.54) is 14.0 Å². The molecule has 0 saturated carbocycles. The Kier molecular flexibility index (Phi) is 3.68. The fraction of sp³-hybridized carbons (Fsp3) is 0.750. The number of rotatable bonds is 3. The highest BCUT2D eigenvalue weighted by atomic mass is 31.2. The molecule has 6 nitrogen and oxygen atoms in total. The molecule has 0 spiro atoms. The highest BCUT2D eigenvalue weighted by molar-refractivity contribution is 7.50. The Morgan fingerprint density at radius 2 is 2.27 bits per heavy atom. The summed E-state index contributed by atoms with van der Waals surface area (Å²) in [6.45, 7) is 1.48. The molecule has 0 heterocycles. The minimum absolute atomic E-state index is 0.640. The Bertz CT molecular complexity index is 189. The Labute approximate surface area is 64.3 Å². The summed E-state index contributed by atoms with van der Waals surface area (Å²) in [5.41, 5.74) is 4.57. The van der Waals surface area contributed by atoms with E-state index in [-0.39, 0.29) is 0 Å². The van der Waals surface area contributed by atoms with Crippen molar-refractivity contribution in [1.29, 1.82) is 0 Å². The van der Waals surface area contributed by atoms with Gasteiger partial charge >= 0.3 is 13.7 Å². The first-order chi connectivity index (χ1) is 4.87. The maximum Gasteiger partial charge on any atom is 0.455 e. The fourth-order valence-corrected chi connectivity index (χ4v) is 0.742.